The molecule has 2 N–H and O–H groups in total. The van der Waals surface area contributed by atoms with E-state index in [2.05, 4.69) is 5.32 Å². The summed E-state index contributed by atoms with van der Waals surface area (Å²) >= 11 is 0. The molecular weight excluding hydrogens is 250 g/mol. The van der Waals surface area contributed by atoms with Gasteiger partial charge in [0, 0.05) is 5.69 Å². The van der Waals surface area contributed by atoms with Gasteiger partial charge >= 0.3 is 5.97 Å². The second-order valence-electron chi connectivity index (χ2n) is 6.58. The SMILES string of the molecule is Cc1cccc(NC2(C(=O)O)CCCC(C3CC3)C2)c1. The van der Waals surface area contributed by atoms with Gasteiger partial charge < -0.3 is 10.4 Å². The highest BCUT2D eigenvalue weighted by Gasteiger charge is 2.46. The molecule has 3 nitrogen and oxygen atoms in total. The zero-order chi connectivity index (χ0) is 14.2. The summed E-state index contributed by atoms with van der Waals surface area (Å²) in [7, 11) is 0. The van der Waals surface area contributed by atoms with Crippen molar-refractivity contribution in [2.75, 3.05) is 5.32 Å². The van der Waals surface area contributed by atoms with Crippen LogP contribution in [0.1, 0.15) is 44.1 Å². The largest absolute Gasteiger partial charge is 0.480 e. The van der Waals surface area contributed by atoms with Crippen molar-refractivity contribution >= 4 is 11.7 Å². The number of anilines is 1. The fourth-order valence-electron chi connectivity index (χ4n) is 3.65. The maximum atomic E-state index is 11.9. The second-order valence-corrected chi connectivity index (χ2v) is 6.58. The molecule has 2 fully saturated rings. The number of carboxylic acid groups (broad SMARTS) is 1. The minimum Gasteiger partial charge on any atom is -0.480 e. The van der Waals surface area contributed by atoms with Crippen LogP contribution in [-0.4, -0.2) is 16.6 Å². The van der Waals surface area contributed by atoms with E-state index in [1.54, 1.807) is 0 Å². The Morgan fingerprint density at radius 2 is 2.10 bits per heavy atom. The number of nitrogens with one attached hydrogen (secondary N) is 1. The van der Waals surface area contributed by atoms with Crippen molar-refractivity contribution in [3.8, 4) is 0 Å². The summed E-state index contributed by atoms with van der Waals surface area (Å²) in [6.07, 6.45) is 6.33. The van der Waals surface area contributed by atoms with E-state index in [-0.39, 0.29) is 0 Å². The van der Waals surface area contributed by atoms with E-state index in [1.807, 2.05) is 31.2 Å². The minimum atomic E-state index is -0.765. The third-order valence-electron chi connectivity index (χ3n) is 4.89. The number of hydrogen-bond donors (Lipinski definition) is 2. The molecule has 0 aromatic heterocycles. The van der Waals surface area contributed by atoms with Crippen molar-refractivity contribution in [2.24, 2.45) is 11.8 Å². The van der Waals surface area contributed by atoms with Gasteiger partial charge in [0.1, 0.15) is 5.54 Å². The van der Waals surface area contributed by atoms with Gasteiger partial charge in [-0.1, -0.05) is 18.6 Å². The second kappa shape index (κ2) is 5.12. The van der Waals surface area contributed by atoms with E-state index < -0.39 is 11.5 Å². The Kier molecular flexibility index (Phi) is 3.45. The third-order valence-corrected chi connectivity index (χ3v) is 4.89. The number of hydrogen-bond acceptors (Lipinski definition) is 2. The fraction of sp³-hybridized carbons (Fsp3) is 0.588. The lowest BCUT2D eigenvalue weighted by Crippen LogP contribution is -2.50. The van der Waals surface area contributed by atoms with Gasteiger partial charge in [0.05, 0.1) is 0 Å². The highest BCUT2D eigenvalue weighted by molar-refractivity contribution is 5.83. The van der Waals surface area contributed by atoms with E-state index in [9.17, 15) is 9.90 Å². The Bertz CT molecular complexity index is 509. The molecule has 1 aromatic carbocycles. The maximum absolute atomic E-state index is 11.9. The van der Waals surface area contributed by atoms with E-state index in [1.165, 1.54) is 19.3 Å². The Morgan fingerprint density at radius 1 is 1.30 bits per heavy atom. The van der Waals surface area contributed by atoms with E-state index in [0.717, 1.165) is 36.4 Å². The average Bonchev–Trinajstić information content (AvgIpc) is 3.23. The molecule has 0 bridgehead atoms. The van der Waals surface area contributed by atoms with E-state index >= 15 is 0 Å². The lowest BCUT2D eigenvalue weighted by atomic mass is 9.73. The zero-order valence-electron chi connectivity index (χ0n) is 12.1. The van der Waals surface area contributed by atoms with Gasteiger partial charge in [-0.05, 0) is 68.6 Å². The number of aliphatic carboxylic acids is 1. The van der Waals surface area contributed by atoms with E-state index in [0.29, 0.717) is 5.92 Å². The third kappa shape index (κ3) is 2.67. The monoisotopic (exact) mass is 273 g/mol. The van der Waals surface area contributed by atoms with Crippen LogP contribution in [0.5, 0.6) is 0 Å². The Balaban J connectivity index is 1.81. The predicted molar refractivity (Wildman–Crippen MR) is 79.9 cm³/mol. The van der Waals surface area contributed by atoms with Crippen LogP contribution >= 0.6 is 0 Å². The van der Waals surface area contributed by atoms with Crippen LogP contribution in [0.2, 0.25) is 0 Å². The van der Waals surface area contributed by atoms with E-state index in [4.69, 9.17) is 0 Å². The quantitative estimate of drug-likeness (QED) is 0.876. The molecule has 0 aliphatic heterocycles. The molecule has 0 radical (unpaired) electrons. The summed E-state index contributed by atoms with van der Waals surface area (Å²) in [6.45, 7) is 2.03. The molecule has 20 heavy (non-hydrogen) atoms. The lowest BCUT2D eigenvalue weighted by molar-refractivity contribution is -0.144. The lowest BCUT2D eigenvalue weighted by Gasteiger charge is -2.39. The van der Waals surface area contributed by atoms with Crippen LogP contribution in [0.25, 0.3) is 0 Å². The predicted octanol–water partition coefficient (Wildman–Crippen LogP) is 3.83. The normalized spacial score (nSPS) is 29.9. The molecule has 0 amide bonds. The first-order valence-electron chi connectivity index (χ1n) is 7.67. The summed E-state index contributed by atoms with van der Waals surface area (Å²) in [4.78, 5) is 11.9. The molecule has 3 rings (SSSR count). The Hall–Kier alpha value is -1.51. The van der Waals surface area contributed by atoms with Crippen LogP contribution < -0.4 is 5.32 Å². The van der Waals surface area contributed by atoms with Crippen LogP contribution in [0, 0.1) is 18.8 Å². The van der Waals surface area contributed by atoms with Gasteiger partial charge in [-0.3, -0.25) is 0 Å². The number of carbonyl (C=O) groups is 1. The van der Waals surface area contributed by atoms with Crippen LogP contribution in [0.15, 0.2) is 24.3 Å². The first kappa shape index (κ1) is 13.5. The summed E-state index contributed by atoms with van der Waals surface area (Å²) in [5, 5.41) is 13.1. The van der Waals surface area contributed by atoms with Crippen molar-refractivity contribution in [3.05, 3.63) is 29.8 Å². The number of aryl methyl sites for hydroxylation is 1. The number of benzene rings is 1. The summed E-state index contributed by atoms with van der Waals surface area (Å²) < 4.78 is 0. The van der Waals surface area contributed by atoms with Crippen LogP contribution in [-0.2, 0) is 4.79 Å². The average molecular weight is 273 g/mol. The Morgan fingerprint density at radius 3 is 2.75 bits per heavy atom. The standard InChI is InChI=1S/C17H23NO2/c1-12-4-2-6-15(10-12)18-17(16(19)20)9-3-5-14(11-17)13-7-8-13/h2,4,6,10,13-14,18H,3,5,7-9,11H2,1H3,(H,19,20). The van der Waals surface area contributed by atoms with Gasteiger partial charge in [-0.15, -0.1) is 0 Å². The Labute approximate surface area is 120 Å². The molecule has 0 saturated heterocycles. The van der Waals surface area contributed by atoms with Gasteiger partial charge in [0.2, 0.25) is 0 Å². The van der Waals surface area contributed by atoms with Gasteiger partial charge in [0.15, 0.2) is 0 Å². The summed E-state index contributed by atoms with van der Waals surface area (Å²) in [5.41, 5.74) is 1.33. The molecule has 2 aliphatic carbocycles. The molecule has 2 atom stereocenters. The van der Waals surface area contributed by atoms with Crippen molar-refractivity contribution in [2.45, 2.75) is 51.0 Å². The molecule has 108 valence electrons. The number of carboxylic acids is 1. The molecule has 0 spiro atoms. The van der Waals surface area contributed by atoms with Crippen molar-refractivity contribution in [1.82, 2.24) is 0 Å². The zero-order valence-corrected chi connectivity index (χ0v) is 12.1. The molecule has 1 aromatic rings. The summed E-state index contributed by atoms with van der Waals surface area (Å²) in [6, 6.07) is 8.02. The topological polar surface area (TPSA) is 49.3 Å². The smallest absolute Gasteiger partial charge is 0.329 e. The minimum absolute atomic E-state index is 0.595. The summed E-state index contributed by atoms with van der Waals surface area (Å²) in [5.74, 6) is 0.690. The van der Waals surface area contributed by atoms with Crippen LogP contribution in [0.4, 0.5) is 5.69 Å². The van der Waals surface area contributed by atoms with Crippen molar-refractivity contribution in [1.29, 1.82) is 0 Å². The fourth-order valence-corrected chi connectivity index (χ4v) is 3.65. The molecule has 3 heteroatoms. The molecular formula is C17H23NO2. The first-order valence-corrected chi connectivity index (χ1v) is 7.67. The molecule has 0 heterocycles. The molecule has 2 saturated carbocycles. The van der Waals surface area contributed by atoms with Crippen molar-refractivity contribution in [3.63, 3.8) is 0 Å². The first-order chi connectivity index (χ1) is 9.59. The molecule has 2 unspecified atom stereocenters. The van der Waals surface area contributed by atoms with Gasteiger partial charge in [-0.2, -0.15) is 0 Å². The van der Waals surface area contributed by atoms with Crippen LogP contribution in [0.3, 0.4) is 0 Å². The highest BCUT2D eigenvalue weighted by Crippen LogP contribution is 2.47. The molecule has 2 aliphatic rings. The van der Waals surface area contributed by atoms with Crippen molar-refractivity contribution < 1.29 is 9.90 Å². The maximum Gasteiger partial charge on any atom is 0.329 e. The number of rotatable bonds is 4. The highest BCUT2D eigenvalue weighted by atomic mass is 16.4. The van der Waals surface area contributed by atoms with Gasteiger partial charge in [0.25, 0.3) is 0 Å². The van der Waals surface area contributed by atoms with Gasteiger partial charge in [-0.25, -0.2) is 4.79 Å².